The van der Waals surface area contributed by atoms with Crippen molar-refractivity contribution in [1.29, 1.82) is 0 Å². The van der Waals surface area contributed by atoms with E-state index in [0.717, 1.165) is 36.3 Å². The van der Waals surface area contributed by atoms with E-state index in [9.17, 15) is 4.79 Å². The van der Waals surface area contributed by atoms with Gasteiger partial charge in [0.1, 0.15) is 11.4 Å². The number of hydrogen-bond donors (Lipinski definition) is 0. The predicted octanol–water partition coefficient (Wildman–Crippen LogP) is 4.10. The Morgan fingerprint density at radius 3 is 2.36 bits per heavy atom. The van der Waals surface area contributed by atoms with Crippen molar-refractivity contribution in [3.63, 3.8) is 0 Å². The smallest absolute Gasteiger partial charge is 0.356 e. The lowest BCUT2D eigenvalue weighted by Crippen LogP contribution is -2.06. The van der Waals surface area contributed by atoms with E-state index in [1.54, 1.807) is 19.2 Å². The fourth-order valence-corrected chi connectivity index (χ4v) is 1.97. The summed E-state index contributed by atoms with van der Waals surface area (Å²) < 4.78 is 10.6. The predicted molar refractivity (Wildman–Crippen MR) is 86.0 cm³/mol. The van der Waals surface area contributed by atoms with Gasteiger partial charge in [-0.05, 0) is 37.1 Å². The second kappa shape index (κ2) is 8.17. The number of carbonyl (C=O) groups is 1. The molecule has 2 aromatic rings. The summed E-state index contributed by atoms with van der Waals surface area (Å²) in [4.78, 5) is 15.7. The number of aromatic nitrogens is 1. The maximum atomic E-state index is 11.6. The summed E-state index contributed by atoms with van der Waals surface area (Å²) in [5.41, 5.74) is 2.31. The molecule has 1 aromatic carbocycles. The molecule has 0 unspecified atom stereocenters. The van der Waals surface area contributed by atoms with Gasteiger partial charge in [0, 0.05) is 11.8 Å². The molecule has 0 bridgehead atoms. The van der Waals surface area contributed by atoms with Crippen molar-refractivity contribution in [2.24, 2.45) is 0 Å². The van der Waals surface area contributed by atoms with Gasteiger partial charge >= 0.3 is 5.97 Å². The highest BCUT2D eigenvalue weighted by Gasteiger charge is 2.08. The van der Waals surface area contributed by atoms with Crippen molar-refractivity contribution in [2.75, 3.05) is 13.2 Å². The number of unbranched alkanes of at least 4 members (excludes halogenated alkanes) is 1. The number of benzene rings is 1. The van der Waals surface area contributed by atoms with Gasteiger partial charge in [0.15, 0.2) is 0 Å². The van der Waals surface area contributed by atoms with E-state index in [-0.39, 0.29) is 0 Å². The van der Waals surface area contributed by atoms with Crippen molar-refractivity contribution in [1.82, 2.24) is 4.98 Å². The zero-order valence-electron chi connectivity index (χ0n) is 13.0. The van der Waals surface area contributed by atoms with Crippen LogP contribution in [0.5, 0.6) is 5.75 Å². The van der Waals surface area contributed by atoms with E-state index >= 15 is 0 Å². The Bertz CT molecular complexity index is 591. The van der Waals surface area contributed by atoms with Crippen LogP contribution in [0.4, 0.5) is 0 Å². The molecule has 116 valence electrons. The summed E-state index contributed by atoms with van der Waals surface area (Å²) in [5.74, 6) is 0.474. The van der Waals surface area contributed by atoms with Gasteiger partial charge in [-0.25, -0.2) is 9.78 Å². The number of pyridine rings is 1. The maximum absolute atomic E-state index is 11.6. The van der Waals surface area contributed by atoms with Crippen LogP contribution in [-0.2, 0) is 4.74 Å². The normalized spacial score (nSPS) is 10.3. The van der Waals surface area contributed by atoms with Crippen molar-refractivity contribution in [3.05, 3.63) is 48.3 Å². The highest BCUT2D eigenvalue weighted by Crippen LogP contribution is 2.22. The van der Waals surface area contributed by atoms with Gasteiger partial charge < -0.3 is 9.47 Å². The molecule has 0 amide bonds. The molecule has 0 fully saturated rings. The Hall–Kier alpha value is -2.36. The minimum absolute atomic E-state index is 0.324. The third-order valence-corrected chi connectivity index (χ3v) is 3.20. The maximum Gasteiger partial charge on any atom is 0.356 e. The number of rotatable bonds is 7. The molecule has 1 aromatic heterocycles. The first-order valence-electron chi connectivity index (χ1n) is 7.61. The van der Waals surface area contributed by atoms with Gasteiger partial charge in [-0.2, -0.15) is 0 Å². The van der Waals surface area contributed by atoms with Crippen molar-refractivity contribution in [2.45, 2.75) is 26.7 Å². The Morgan fingerprint density at radius 1 is 1.05 bits per heavy atom. The Morgan fingerprint density at radius 2 is 1.77 bits per heavy atom. The summed E-state index contributed by atoms with van der Waals surface area (Å²) in [7, 11) is 0. The summed E-state index contributed by atoms with van der Waals surface area (Å²) in [5, 5.41) is 0. The molecular weight excluding hydrogens is 278 g/mol. The number of carbonyl (C=O) groups excluding carboxylic acids is 1. The minimum atomic E-state index is -0.395. The topological polar surface area (TPSA) is 48.4 Å². The van der Waals surface area contributed by atoms with Crippen molar-refractivity contribution < 1.29 is 14.3 Å². The van der Waals surface area contributed by atoms with Crippen LogP contribution in [0.25, 0.3) is 11.1 Å². The van der Waals surface area contributed by atoms with Crippen LogP contribution in [0.3, 0.4) is 0 Å². The quantitative estimate of drug-likeness (QED) is 0.570. The molecule has 4 heteroatoms. The molecule has 22 heavy (non-hydrogen) atoms. The van der Waals surface area contributed by atoms with Crippen molar-refractivity contribution in [3.8, 4) is 16.9 Å². The van der Waals surface area contributed by atoms with Gasteiger partial charge in [0.2, 0.25) is 0 Å². The van der Waals surface area contributed by atoms with Gasteiger partial charge in [0.25, 0.3) is 0 Å². The van der Waals surface area contributed by atoms with Crippen LogP contribution >= 0.6 is 0 Å². The van der Waals surface area contributed by atoms with Crippen LogP contribution in [0, 0.1) is 0 Å². The average molecular weight is 299 g/mol. The van der Waals surface area contributed by atoms with Gasteiger partial charge in [-0.1, -0.05) is 31.5 Å². The fourth-order valence-electron chi connectivity index (χ4n) is 1.97. The summed E-state index contributed by atoms with van der Waals surface area (Å²) in [6.07, 6.45) is 3.86. The molecule has 0 aliphatic heterocycles. The lowest BCUT2D eigenvalue weighted by Gasteiger charge is -2.07. The molecule has 0 radical (unpaired) electrons. The lowest BCUT2D eigenvalue weighted by atomic mass is 10.1. The lowest BCUT2D eigenvalue weighted by molar-refractivity contribution is 0.0519. The van der Waals surface area contributed by atoms with E-state index in [1.807, 2.05) is 30.3 Å². The van der Waals surface area contributed by atoms with Crippen LogP contribution in [0.1, 0.15) is 37.2 Å². The molecular formula is C18H21NO3. The summed E-state index contributed by atoms with van der Waals surface area (Å²) in [6, 6.07) is 11.4. The summed E-state index contributed by atoms with van der Waals surface area (Å²) >= 11 is 0. The minimum Gasteiger partial charge on any atom is -0.494 e. The number of hydrogen-bond acceptors (Lipinski definition) is 4. The molecule has 0 saturated heterocycles. The number of ether oxygens (including phenoxy) is 2. The standard InChI is InChI=1S/C18H21NO3/c1-3-5-12-22-16-9-6-14(7-10-16)15-8-11-17(19-13-15)18(20)21-4-2/h6-11,13H,3-5,12H2,1-2H3. The third-order valence-electron chi connectivity index (χ3n) is 3.20. The van der Waals surface area contributed by atoms with Gasteiger partial charge in [-0.3, -0.25) is 0 Å². The SMILES string of the molecule is CCCCOc1ccc(-c2ccc(C(=O)OCC)nc2)cc1. The van der Waals surface area contributed by atoms with E-state index in [0.29, 0.717) is 12.3 Å². The second-order valence-electron chi connectivity index (χ2n) is 4.88. The first kappa shape index (κ1) is 16.0. The Kier molecular flexibility index (Phi) is 5.95. The van der Waals surface area contributed by atoms with Crippen LogP contribution < -0.4 is 4.74 Å². The highest BCUT2D eigenvalue weighted by molar-refractivity contribution is 5.87. The van der Waals surface area contributed by atoms with Crippen molar-refractivity contribution >= 4 is 5.97 Å². The van der Waals surface area contributed by atoms with Crippen LogP contribution in [0.2, 0.25) is 0 Å². The fraction of sp³-hybridized carbons (Fsp3) is 0.333. The van der Waals surface area contributed by atoms with E-state index in [4.69, 9.17) is 9.47 Å². The van der Waals surface area contributed by atoms with Crippen LogP contribution in [-0.4, -0.2) is 24.2 Å². The molecule has 2 rings (SSSR count). The molecule has 0 saturated carbocycles. The van der Waals surface area contributed by atoms with Crippen LogP contribution in [0.15, 0.2) is 42.6 Å². The molecule has 0 aliphatic rings. The zero-order chi connectivity index (χ0) is 15.8. The first-order chi connectivity index (χ1) is 10.7. The number of esters is 1. The van der Waals surface area contributed by atoms with Gasteiger partial charge in [0.05, 0.1) is 13.2 Å². The van der Waals surface area contributed by atoms with E-state index in [1.165, 1.54) is 0 Å². The largest absolute Gasteiger partial charge is 0.494 e. The Labute approximate surface area is 131 Å². The molecule has 0 spiro atoms. The molecule has 0 N–H and O–H groups in total. The van der Waals surface area contributed by atoms with E-state index in [2.05, 4.69) is 11.9 Å². The second-order valence-corrected chi connectivity index (χ2v) is 4.88. The van der Waals surface area contributed by atoms with E-state index < -0.39 is 5.97 Å². The highest BCUT2D eigenvalue weighted by atomic mass is 16.5. The number of nitrogens with zero attached hydrogens (tertiary/aromatic N) is 1. The molecule has 4 nitrogen and oxygen atoms in total. The molecule has 0 aliphatic carbocycles. The summed E-state index contributed by atoms with van der Waals surface area (Å²) in [6.45, 7) is 5.00. The Balaban J connectivity index is 2.03. The third kappa shape index (κ3) is 4.32. The average Bonchev–Trinajstić information content (AvgIpc) is 2.56. The molecule has 0 atom stereocenters. The van der Waals surface area contributed by atoms with Gasteiger partial charge in [-0.15, -0.1) is 0 Å². The zero-order valence-corrected chi connectivity index (χ0v) is 13.0. The monoisotopic (exact) mass is 299 g/mol. The molecule has 1 heterocycles. The first-order valence-corrected chi connectivity index (χ1v) is 7.61.